The molecule has 0 spiro atoms. The van der Waals surface area contributed by atoms with Crippen molar-refractivity contribution in [2.45, 2.75) is 51.4 Å². The summed E-state index contributed by atoms with van der Waals surface area (Å²) in [5.41, 5.74) is 0.270. The number of nitriles is 1. The van der Waals surface area contributed by atoms with Crippen LogP contribution in [0.2, 0.25) is 0 Å². The topological polar surface area (TPSA) is 41.1 Å². The normalized spacial score (nSPS) is 23.9. The van der Waals surface area contributed by atoms with Gasteiger partial charge in [-0.25, -0.2) is 10.1 Å². The minimum absolute atomic E-state index is 0.270. The van der Waals surface area contributed by atoms with Gasteiger partial charge in [-0.2, -0.15) is 0 Å². The maximum Gasteiger partial charge on any atom is 0.300 e. The van der Waals surface area contributed by atoms with Gasteiger partial charge in [0.2, 0.25) is 0 Å². The minimum atomic E-state index is 0.270. The van der Waals surface area contributed by atoms with Gasteiger partial charge in [-0.15, -0.1) is 0 Å². The fourth-order valence-electron chi connectivity index (χ4n) is 4.80. The molecule has 0 N–H and O–H groups in total. The number of allylic oxidation sites excluding steroid dienone is 1. The van der Waals surface area contributed by atoms with E-state index in [4.69, 9.17) is 6.57 Å². The molecule has 0 aromatic carbocycles. The maximum atomic E-state index is 9.51. The van der Waals surface area contributed by atoms with E-state index in [1.54, 1.807) is 0 Å². The highest BCUT2D eigenvalue weighted by Gasteiger charge is 2.28. The SMILES string of the molecule is [C-]#[N+]C(C#N)=C1N(CCCN2CCCCC2)CCN1CCN1CCCCCC1. The second-order valence-electron chi connectivity index (χ2n) is 8.38. The van der Waals surface area contributed by atoms with Crippen molar-refractivity contribution in [1.82, 2.24) is 19.6 Å². The third-order valence-electron chi connectivity index (χ3n) is 6.40. The van der Waals surface area contributed by atoms with Crippen molar-refractivity contribution in [3.05, 3.63) is 22.9 Å². The molecule has 154 valence electrons. The molecule has 0 bridgehead atoms. The van der Waals surface area contributed by atoms with E-state index in [1.807, 2.05) is 0 Å². The highest BCUT2D eigenvalue weighted by Crippen LogP contribution is 2.23. The largest absolute Gasteiger partial charge is 0.365 e. The lowest BCUT2D eigenvalue weighted by molar-refractivity contribution is 0.212. The molecular weight excluding hydrogens is 348 g/mol. The standard InChI is InChI=1S/C22H36N6/c1-24-21(20-23)22-27(15-9-14-25-10-7-4-8-11-25)18-19-28(22)17-16-26-12-5-2-3-6-13-26/h2-19H2. The Morgan fingerprint density at radius 3 is 1.86 bits per heavy atom. The first kappa shape index (κ1) is 21.0. The van der Waals surface area contributed by atoms with Gasteiger partial charge in [0.15, 0.2) is 0 Å². The Kier molecular flexibility index (Phi) is 8.45. The summed E-state index contributed by atoms with van der Waals surface area (Å²) in [4.78, 5) is 13.3. The van der Waals surface area contributed by atoms with Gasteiger partial charge in [-0.05, 0) is 64.8 Å². The summed E-state index contributed by atoms with van der Waals surface area (Å²) in [5, 5.41) is 9.51. The highest BCUT2D eigenvalue weighted by molar-refractivity contribution is 5.33. The summed E-state index contributed by atoms with van der Waals surface area (Å²) in [6, 6.07) is 2.16. The van der Waals surface area contributed by atoms with Crippen LogP contribution in [-0.4, -0.2) is 85.0 Å². The molecule has 0 amide bonds. The Morgan fingerprint density at radius 2 is 1.29 bits per heavy atom. The van der Waals surface area contributed by atoms with Crippen LogP contribution in [0.15, 0.2) is 11.5 Å². The van der Waals surface area contributed by atoms with E-state index < -0.39 is 0 Å². The molecule has 0 radical (unpaired) electrons. The van der Waals surface area contributed by atoms with Crippen LogP contribution in [0.4, 0.5) is 0 Å². The fourth-order valence-corrected chi connectivity index (χ4v) is 4.80. The van der Waals surface area contributed by atoms with Crippen molar-refractivity contribution >= 4 is 0 Å². The minimum Gasteiger partial charge on any atom is -0.365 e. The van der Waals surface area contributed by atoms with E-state index in [1.165, 1.54) is 71.1 Å². The zero-order chi connectivity index (χ0) is 19.6. The van der Waals surface area contributed by atoms with Gasteiger partial charge in [0.05, 0.1) is 12.6 Å². The zero-order valence-electron chi connectivity index (χ0n) is 17.4. The van der Waals surface area contributed by atoms with E-state index in [-0.39, 0.29) is 5.70 Å². The van der Waals surface area contributed by atoms with Crippen LogP contribution in [0.3, 0.4) is 0 Å². The molecule has 0 aliphatic carbocycles. The molecule has 6 nitrogen and oxygen atoms in total. The monoisotopic (exact) mass is 384 g/mol. The fraction of sp³-hybridized carbons (Fsp3) is 0.818. The molecule has 3 fully saturated rings. The van der Waals surface area contributed by atoms with Crippen LogP contribution in [0.1, 0.15) is 51.4 Å². The van der Waals surface area contributed by atoms with Crippen molar-refractivity contribution in [1.29, 1.82) is 5.26 Å². The Hall–Kier alpha value is -1.76. The lowest BCUT2D eigenvalue weighted by atomic mass is 10.1. The second kappa shape index (κ2) is 11.3. The van der Waals surface area contributed by atoms with E-state index in [0.717, 1.165) is 51.5 Å². The van der Waals surface area contributed by atoms with E-state index >= 15 is 0 Å². The van der Waals surface area contributed by atoms with Gasteiger partial charge >= 0.3 is 5.70 Å². The van der Waals surface area contributed by atoms with E-state index in [0.29, 0.717) is 0 Å². The van der Waals surface area contributed by atoms with Crippen molar-refractivity contribution in [2.75, 3.05) is 65.4 Å². The number of nitrogens with zero attached hydrogens (tertiary/aromatic N) is 6. The molecule has 28 heavy (non-hydrogen) atoms. The second-order valence-corrected chi connectivity index (χ2v) is 8.38. The van der Waals surface area contributed by atoms with Crippen LogP contribution >= 0.6 is 0 Å². The highest BCUT2D eigenvalue weighted by atomic mass is 15.4. The van der Waals surface area contributed by atoms with Crippen molar-refractivity contribution in [2.24, 2.45) is 0 Å². The third kappa shape index (κ3) is 5.87. The van der Waals surface area contributed by atoms with E-state index in [2.05, 4.69) is 30.5 Å². The molecule has 0 aromatic heterocycles. The lowest BCUT2D eigenvalue weighted by Gasteiger charge is -2.30. The molecule has 6 heteroatoms. The van der Waals surface area contributed by atoms with Crippen molar-refractivity contribution < 1.29 is 0 Å². The molecule has 0 atom stereocenters. The third-order valence-corrected chi connectivity index (χ3v) is 6.40. The maximum absolute atomic E-state index is 9.51. The first-order chi connectivity index (χ1) is 13.8. The quantitative estimate of drug-likeness (QED) is 0.499. The number of hydrogen-bond donors (Lipinski definition) is 0. The summed E-state index contributed by atoms with van der Waals surface area (Å²) in [6.45, 7) is 18.3. The van der Waals surface area contributed by atoms with Gasteiger partial charge in [0.1, 0.15) is 5.82 Å². The summed E-state index contributed by atoms with van der Waals surface area (Å²) in [6.07, 6.45) is 10.5. The smallest absolute Gasteiger partial charge is 0.300 e. The molecule has 3 aliphatic rings. The van der Waals surface area contributed by atoms with Crippen LogP contribution in [0.5, 0.6) is 0 Å². The molecule has 3 saturated heterocycles. The summed E-state index contributed by atoms with van der Waals surface area (Å²) < 4.78 is 0. The summed E-state index contributed by atoms with van der Waals surface area (Å²) in [7, 11) is 0. The van der Waals surface area contributed by atoms with Crippen molar-refractivity contribution in [3.63, 3.8) is 0 Å². The first-order valence-electron chi connectivity index (χ1n) is 11.3. The van der Waals surface area contributed by atoms with Gasteiger partial charge < -0.3 is 19.6 Å². The summed E-state index contributed by atoms with van der Waals surface area (Å²) >= 11 is 0. The number of hydrogen-bond acceptors (Lipinski definition) is 5. The van der Waals surface area contributed by atoms with Gasteiger partial charge in [0.25, 0.3) is 0 Å². The Bertz CT molecular complexity index is 571. The average molecular weight is 385 g/mol. The predicted molar refractivity (Wildman–Crippen MR) is 112 cm³/mol. The van der Waals surface area contributed by atoms with Gasteiger partial charge in [0, 0.05) is 32.7 Å². The van der Waals surface area contributed by atoms with Crippen LogP contribution in [0, 0.1) is 17.9 Å². The molecule has 0 unspecified atom stereocenters. The van der Waals surface area contributed by atoms with Crippen LogP contribution in [0.25, 0.3) is 4.85 Å². The Labute approximate surface area is 171 Å². The first-order valence-corrected chi connectivity index (χ1v) is 11.3. The molecule has 3 aliphatic heterocycles. The van der Waals surface area contributed by atoms with Crippen LogP contribution < -0.4 is 0 Å². The Balaban J connectivity index is 1.54. The van der Waals surface area contributed by atoms with E-state index in [9.17, 15) is 5.26 Å². The predicted octanol–water partition coefficient (Wildman–Crippen LogP) is 2.97. The molecule has 3 rings (SSSR count). The Morgan fingerprint density at radius 1 is 0.750 bits per heavy atom. The van der Waals surface area contributed by atoms with Crippen LogP contribution in [-0.2, 0) is 0 Å². The molecule has 3 heterocycles. The number of likely N-dealkylation sites (tertiary alicyclic amines) is 2. The lowest BCUT2D eigenvalue weighted by Crippen LogP contribution is -2.35. The van der Waals surface area contributed by atoms with Gasteiger partial charge in [-0.1, -0.05) is 19.3 Å². The average Bonchev–Trinajstić information content (AvgIpc) is 2.94. The molecule has 0 saturated carbocycles. The molecular formula is C22H36N6. The van der Waals surface area contributed by atoms with Crippen molar-refractivity contribution in [3.8, 4) is 6.07 Å². The van der Waals surface area contributed by atoms with Gasteiger partial charge in [-0.3, -0.25) is 0 Å². The zero-order valence-corrected chi connectivity index (χ0v) is 17.4. The summed E-state index contributed by atoms with van der Waals surface area (Å²) in [5.74, 6) is 0.894. The molecule has 0 aromatic rings. The number of rotatable bonds is 7. The number of piperidine rings is 1.